The molecule has 6 heteroatoms. The maximum Gasteiger partial charge on any atom is 0.286 e. The van der Waals surface area contributed by atoms with Gasteiger partial charge in [0.05, 0.1) is 11.2 Å². The third-order valence-electron chi connectivity index (χ3n) is 4.33. The van der Waals surface area contributed by atoms with Crippen molar-refractivity contribution in [1.29, 1.82) is 0 Å². The van der Waals surface area contributed by atoms with Crippen LogP contribution < -0.4 is 4.90 Å². The average molecular weight is 365 g/mol. The van der Waals surface area contributed by atoms with Gasteiger partial charge in [-0.05, 0) is 48.2 Å². The molecule has 1 saturated heterocycles. The lowest BCUT2D eigenvalue weighted by atomic mass is 10.2. The molecule has 3 heterocycles. The van der Waals surface area contributed by atoms with Crippen molar-refractivity contribution in [2.75, 3.05) is 31.1 Å². The Hall–Kier alpha value is -2.73. The molecule has 0 bridgehead atoms. The number of amides is 1. The number of hydrogen-bond donors (Lipinski definition) is 0. The van der Waals surface area contributed by atoms with Crippen LogP contribution in [0.4, 0.5) is 5.69 Å². The van der Waals surface area contributed by atoms with E-state index in [0.29, 0.717) is 4.91 Å². The van der Waals surface area contributed by atoms with Crippen LogP contribution in [0.2, 0.25) is 0 Å². The highest BCUT2D eigenvalue weighted by molar-refractivity contribution is 8.18. The van der Waals surface area contributed by atoms with E-state index in [0.717, 1.165) is 37.1 Å². The highest BCUT2D eigenvalue weighted by Gasteiger charge is 2.28. The van der Waals surface area contributed by atoms with E-state index >= 15 is 0 Å². The van der Waals surface area contributed by atoms with E-state index in [9.17, 15) is 4.79 Å². The number of benzene rings is 1. The van der Waals surface area contributed by atoms with Crippen LogP contribution >= 0.6 is 11.8 Å². The molecule has 0 spiro atoms. The van der Waals surface area contributed by atoms with Gasteiger partial charge in [-0.3, -0.25) is 4.79 Å². The number of para-hydroxylation sites is 1. The van der Waals surface area contributed by atoms with Gasteiger partial charge in [0.1, 0.15) is 5.76 Å². The van der Waals surface area contributed by atoms with Gasteiger partial charge in [-0.1, -0.05) is 24.3 Å². The Labute approximate surface area is 156 Å². The van der Waals surface area contributed by atoms with E-state index in [2.05, 4.69) is 39.1 Å². The van der Waals surface area contributed by atoms with Gasteiger partial charge in [0, 0.05) is 31.9 Å². The summed E-state index contributed by atoms with van der Waals surface area (Å²) in [5, 5.41) is 0.806. The van der Waals surface area contributed by atoms with Gasteiger partial charge in [-0.2, -0.15) is 4.99 Å². The van der Waals surface area contributed by atoms with Gasteiger partial charge >= 0.3 is 0 Å². The molecule has 1 aromatic carbocycles. The minimum absolute atomic E-state index is 0.167. The van der Waals surface area contributed by atoms with E-state index in [4.69, 9.17) is 4.42 Å². The number of piperazine rings is 1. The number of allylic oxidation sites excluding steroid dienone is 2. The molecular weight excluding hydrogens is 346 g/mol. The van der Waals surface area contributed by atoms with Crippen LogP contribution in [0.5, 0.6) is 0 Å². The zero-order valence-electron chi connectivity index (χ0n) is 14.2. The largest absolute Gasteiger partial charge is 0.465 e. The fraction of sp³-hybridized carbons (Fsp3) is 0.200. The summed E-state index contributed by atoms with van der Waals surface area (Å²) in [4.78, 5) is 21.6. The number of aliphatic imine (C=N–C) groups is 1. The summed E-state index contributed by atoms with van der Waals surface area (Å²) in [7, 11) is 0. The molecule has 0 unspecified atom stereocenters. The van der Waals surface area contributed by atoms with Crippen LogP contribution in [0, 0.1) is 0 Å². The Kier molecular flexibility index (Phi) is 4.93. The Morgan fingerprint density at radius 3 is 2.50 bits per heavy atom. The second kappa shape index (κ2) is 7.66. The normalized spacial score (nSPS) is 19.6. The maximum absolute atomic E-state index is 12.1. The lowest BCUT2D eigenvalue weighted by Gasteiger charge is -2.36. The van der Waals surface area contributed by atoms with Crippen molar-refractivity contribution in [3.05, 3.63) is 71.5 Å². The standard InChI is InChI=1S/C20H19N3O2S/c24-19-18(10-4-8-17-9-5-15-25-17)26-20(21-19)23-13-11-22(12-14-23)16-6-2-1-3-7-16/h1-10,15H,11-14H2/b8-4+,18-10-. The van der Waals surface area contributed by atoms with Crippen molar-refractivity contribution in [2.24, 2.45) is 4.99 Å². The van der Waals surface area contributed by atoms with Gasteiger partial charge in [-0.25, -0.2) is 0 Å². The lowest BCUT2D eigenvalue weighted by Crippen LogP contribution is -2.47. The molecule has 0 saturated carbocycles. The molecule has 26 heavy (non-hydrogen) atoms. The van der Waals surface area contributed by atoms with E-state index in [1.165, 1.54) is 17.4 Å². The first-order chi connectivity index (χ1) is 12.8. The zero-order chi connectivity index (χ0) is 17.8. The minimum atomic E-state index is -0.167. The van der Waals surface area contributed by atoms with Gasteiger partial charge in [0.15, 0.2) is 5.17 Å². The number of amidine groups is 1. The number of thioether (sulfide) groups is 1. The molecule has 132 valence electrons. The van der Waals surface area contributed by atoms with E-state index in [1.54, 1.807) is 12.3 Å². The summed E-state index contributed by atoms with van der Waals surface area (Å²) in [6, 6.07) is 14.1. The number of rotatable bonds is 3. The van der Waals surface area contributed by atoms with Gasteiger partial charge in [-0.15, -0.1) is 0 Å². The SMILES string of the molecule is O=C1N=C(N2CCN(c3ccccc3)CC2)S/C1=C\C=C\c1ccco1. The molecule has 2 aromatic rings. The fourth-order valence-corrected chi connectivity index (χ4v) is 3.88. The Morgan fingerprint density at radius 2 is 1.77 bits per heavy atom. The predicted molar refractivity (Wildman–Crippen MR) is 106 cm³/mol. The molecule has 1 amide bonds. The molecule has 0 N–H and O–H groups in total. The smallest absolute Gasteiger partial charge is 0.286 e. The quantitative estimate of drug-likeness (QED) is 0.778. The second-order valence-electron chi connectivity index (χ2n) is 6.02. The molecule has 1 aromatic heterocycles. The van der Waals surface area contributed by atoms with Crippen LogP contribution in [0.25, 0.3) is 6.08 Å². The van der Waals surface area contributed by atoms with Crippen molar-refractivity contribution >= 4 is 34.6 Å². The molecule has 4 rings (SSSR count). The second-order valence-corrected chi connectivity index (χ2v) is 7.03. The maximum atomic E-state index is 12.1. The molecule has 2 aliphatic heterocycles. The van der Waals surface area contributed by atoms with E-state index < -0.39 is 0 Å². The minimum Gasteiger partial charge on any atom is -0.465 e. The fourth-order valence-electron chi connectivity index (χ4n) is 2.96. The van der Waals surface area contributed by atoms with Crippen molar-refractivity contribution in [3.8, 4) is 0 Å². The summed E-state index contributed by atoms with van der Waals surface area (Å²) in [5.74, 6) is 0.593. The number of carbonyl (C=O) groups excluding carboxylic acids is 1. The Balaban J connectivity index is 1.35. The average Bonchev–Trinajstić information content (AvgIpc) is 3.33. The molecule has 0 aliphatic carbocycles. The summed E-state index contributed by atoms with van der Waals surface area (Å²) in [6.07, 6.45) is 7.08. The topological polar surface area (TPSA) is 49.1 Å². The van der Waals surface area contributed by atoms with Gasteiger partial charge in [0.2, 0.25) is 0 Å². The molecule has 2 aliphatic rings. The monoisotopic (exact) mass is 365 g/mol. The number of nitrogens with zero attached hydrogens (tertiary/aromatic N) is 3. The zero-order valence-corrected chi connectivity index (χ0v) is 15.1. The first kappa shape index (κ1) is 16.7. The van der Waals surface area contributed by atoms with E-state index in [1.807, 2.05) is 30.4 Å². The molecule has 0 atom stereocenters. The highest BCUT2D eigenvalue weighted by Crippen LogP contribution is 2.29. The third kappa shape index (κ3) is 3.75. The van der Waals surface area contributed by atoms with Crippen LogP contribution in [-0.2, 0) is 4.79 Å². The van der Waals surface area contributed by atoms with Crippen molar-refractivity contribution in [3.63, 3.8) is 0 Å². The van der Waals surface area contributed by atoms with Crippen LogP contribution in [0.15, 0.2) is 75.2 Å². The Morgan fingerprint density at radius 1 is 1.00 bits per heavy atom. The first-order valence-corrected chi connectivity index (χ1v) is 9.39. The predicted octanol–water partition coefficient (Wildman–Crippen LogP) is 3.63. The number of carbonyl (C=O) groups is 1. The van der Waals surface area contributed by atoms with Gasteiger partial charge < -0.3 is 14.2 Å². The Bertz CT molecular complexity index is 848. The lowest BCUT2D eigenvalue weighted by molar-refractivity contribution is -0.113. The summed E-state index contributed by atoms with van der Waals surface area (Å²) < 4.78 is 5.24. The summed E-state index contributed by atoms with van der Waals surface area (Å²) in [6.45, 7) is 3.58. The third-order valence-corrected chi connectivity index (χ3v) is 5.39. The molecule has 5 nitrogen and oxygen atoms in total. The van der Waals surface area contributed by atoms with Crippen molar-refractivity contribution < 1.29 is 9.21 Å². The number of furan rings is 1. The summed E-state index contributed by atoms with van der Waals surface area (Å²) >= 11 is 1.45. The van der Waals surface area contributed by atoms with Gasteiger partial charge in [0.25, 0.3) is 5.91 Å². The number of hydrogen-bond acceptors (Lipinski definition) is 5. The van der Waals surface area contributed by atoms with Crippen molar-refractivity contribution in [1.82, 2.24) is 4.90 Å². The highest BCUT2D eigenvalue weighted by atomic mass is 32.2. The van der Waals surface area contributed by atoms with E-state index in [-0.39, 0.29) is 5.91 Å². The number of anilines is 1. The molecule has 0 radical (unpaired) electrons. The van der Waals surface area contributed by atoms with Crippen LogP contribution in [0.1, 0.15) is 5.76 Å². The summed E-state index contributed by atoms with van der Waals surface area (Å²) in [5.41, 5.74) is 1.24. The molecular formula is C20H19N3O2S. The van der Waals surface area contributed by atoms with Crippen LogP contribution in [0.3, 0.4) is 0 Å². The van der Waals surface area contributed by atoms with Crippen LogP contribution in [-0.4, -0.2) is 42.2 Å². The first-order valence-electron chi connectivity index (χ1n) is 8.57. The molecule has 1 fully saturated rings. The van der Waals surface area contributed by atoms with Crippen molar-refractivity contribution in [2.45, 2.75) is 0 Å².